The van der Waals surface area contributed by atoms with Crippen molar-refractivity contribution < 1.29 is 0 Å². The number of para-hydroxylation sites is 2. The van der Waals surface area contributed by atoms with Crippen LogP contribution >= 0.6 is 11.8 Å². The molecule has 0 aliphatic carbocycles. The molecular formula is C48H29N3S. The van der Waals surface area contributed by atoms with Gasteiger partial charge in [0, 0.05) is 37.1 Å². The topological polar surface area (TPSA) is 30.7 Å². The van der Waals surface area contributed by atoms with Crippen molar-refractivity contribution in [3.63, 3.8) is 0 Å². The number of nitrogens with zero attached hydrogens (tertiary/aromatic N) is 3. The molecule has 2 aromatic heterocycles. The first-order valence-electron chi connectivity index (χ1n) is 17.6. The molecule has 8 aromatic carbocycles. The fraction of sp³-hybridized carbons (Fsp3) is 0. The van der Waals surface area contributed by atoms with Crippen LogP contribution in [0.1, 0.15) is 0 Å². The van der Waals surface area contributed by atoms with E-state index in [1.807, 2.05) is 11.8 Å². The molecule has 3 nitrogen and oxygen atoms in total. The van der Waals surface area contributed by atoms with Crippen molar-refractivity contribution in [1.82, 2.24) is 14.5 Å². The smallest absolute Gasteiger partial charge is 0.235 e. The fourth-order valence-corrected chi connectivity index (χ4v) is 9.21. The zero-order chi connectivity index (χ0) is 34.2. The highest BCUT2D eigenvalue weighted by Crippen LogP contribution is 2.51. The number of hydrogen-bond donors (Lipinski definition) is 0. The van der Waals surface area contributed by atoms with Gasteiger partial charge in [0.1, 0.15) is 0 Å². The van der Waals surface area contributed by atoms with Gasteiger partial charge in [0.2, 0.25) is 5.95 Å². The van der Waals surface area contributed by atoms with Crippen molar-refractivity contribution in [3.8, 4) is 50.6 Å². The number of aromatic nitrogens is 3. The van der Waals surface area contributed by atoms with Crippen LogP contribution in [0.4, 0.5) is 0 Å². The molecular weight excluding hydrogens is 651 g/mol. The molecule has 0 N–H and O–H groups in total. The standard InChI is InChI=1S/C48H29N3S/c1-2-14-33-30(12-1)13-11-20-34(33)31-24-26-32(27-25-31)46-40-19-5-8-21-41(40)49-48(50-46)51-42-22-9-6-16-36(42)39-28-29-44-45(47(39)51)38-18-4-3-15-35(38)37-17-7-10-23-43(37)52-44/h1-29H. The van der Waals surface area contributed by atoms with E-state index in [9.17, 15) is 0 Å². The third kappa shape index (κ3) is 4.41. The summed E-state index contributed by atoms with van der Waals surface area (Å²) in [6.07, 6.45) is 0. The van der Waals surface area contributed by atoms with E-state index in [4.69, 9.17) is 9.97 Å². The molecule has 0 radical (unpaired) electrons. The summed E-state index contributed by atoms with van der Waals surface area (Å²) in [5, 5.41) is 5.89. The molecule has 11 rings (SSSR count). The first-order valence-corrected chi connectivity index (χ1v) is 18.4. The van der Waals surface area contributed by atoms with Gasteiger partial charge in [0.15, 0.2) is 0 Å². The van der Waals surface area contributed by atoms with E-state index in [0.29, 0.717) is 5.95 Å². The van der Waals surface area contributed by atoms with Crippen molar-refractivity contribution in [2.24, 2.45) is 0 Å². The Hall–Kier alpha value is -6.49. The van der Waals surface area contributed by atoms with Crippen LogP contribution in [-0.4, -0.2) is 14.5 Å². The molecule has 3 heterocycles. The zero-order valence-electron chi connectivity index (χ0n) is 28.0. The molecule has 4 heteroatoms. The summed E-state index contributed by atoms with van der Waals surface area (Å²) in [4.78, 5) is 13.3. The molecule has 242 valence electrons. The van der Waals surface area contributed by atoms with Crippen LogP contribution in [0.5, 0.6) is 0 Å². The third-order valence-corrected chi connectivity index (χ3v) is 11.6. The quantitative estimate of drug-likeness (QED) is 0.186. The normalized spacial score (nSPS) is 12.2. The second kappa shape index (κ2) is 11.5. The van der Waals surface area contributed by atoms with Gasteiger partial charge < -0.3 is 0 Å². The molecule has 1 aliphatic heterocycles. The number of hydrogen-bond acceptors (Lipinski definition) is 3. The van der Waals surface area contributed by atoms with Crippen molar-refractivity contribution in [2.45, 2.75) is 9.79 Å². The molecule has 0 bridgehead atoms. The Kier molecular flexibility index (Phi) is 6.48. The summed E-state index contributed by atoms with van der Waals surface area (Å²) in [5.41, 5.74) is 12.4. The van der Waals surface area contributed by atoms with Gasteiger partial charge in [-0.3, -0.25) is 4.57 Å². The van der Waals surface area contributed by atoms with E-state index in [1.165, 1.54) is 64.7 Å². The molecule has 52 heavy (non-hydrogen) atoms. The van der Waals surface area contributed by atoms with Gasteiger partial charge in [-0.15, -0.1) is 0 Å². The molecule has 0 saturated heterocycles. The highest BCUT2D eigenvalue weighted by molar-refractivity contribution is 7.99. The van der Waals surface area contributed by atoms with Gasteiger partial charge in [-0.25, -0.2) is 9.97 Å². The monoisotopic (exact) mass is 679 g/mol. The first-order chi connectivity index (χ1) is 25.8. The van der Waals surface area contributed by atoms with Gasteiger partial charge in [-0.05, 0) is 62.9 Å². The minimum absolute atomic E-state index is 0.663. The highest BCUT2D eigenvalue weighted by Gasteiger charge is 2.26. The van der Waals surface area contributed by atoms with E-state index in [0.717, 1.165) is 33.2 Å². The summed E-state index contributed by atoms with van der Waals surface area (Å²) in [6.45, 7) is 0. The maximum atomic E-state index is 5.48. The fourth-order valence-electron chi connectivity index (χ4n) is 8.09. The zero-order valence-corrected chi connectivity index (χ0v) is 28.8. The molecule has 0 spiro atoms. The van der Waals surface area contributed by atoms with Gasteiger partial charge in [-0.1, -0.05) is 163 Å². The molecule has 1 aliphatic rings. The Labute approximate surface area is 304 Å². The Morgan fingerprint density at radius 3 is 1.94 bits per heavy atom. The second-order valence-electron chi connectivity index (χ2n) is 13.3. The Balaban J connectivity index is 1.17. The van der Waals surface area contributed by atoms with Crippen LogP contribution in [-0.2, 0) is 0 Å². The maximum absolute atomic E-state index is 5.48. The van der Waals surface area contributed by atoms with Gasteiger partial charge >= 0.3 is 0 Å². The summed E-state index contributed by atoms with van der Waals surface area (Å²) in [5.74, 6) is 0.663. The summed E-state index contributed by atoms with van der Waals surface area (Å²) in [6, 6.07) is 63.1. The molecule has 10 aromatic rings. The van der Waals surface area contributed by atoms with Crippen molar-refractivity contribution in [3.05, 3.63) is 176 Å². The van der Waals surface area contributed by atoms with Crippen LogP contribution in [0.25, 0.3) is 94.1 Å². The average molecular weight is 680 g/mol. The van der Waals surface area contributed by atoms with Crippen LogP contribution in [0.3, 0.4) is 0 Å². The van der Waals surface area contributed by atoms with E-state index in [2.05, 4.69) is 180 Å². The molecule has 0 unspecified atom stereocenters. The summed E-state index contributed by atoms with van der Waals surface area (Å²) >= 11 is 1.84. The van der Waals surface area contributed by atoms with Crippen LogP contribution < -0.4 is 0 Å². The molecule has 0 saturated carbocycles. The second-order valence-corrected chi connectivity index (χ2v) is 14.4. The number of benzene rings is 8. The third-order valence-electron chi connectivity index (χ3n) is 10.4. The van der Waals surface area contributed by atoms with E-state index < -0.39 is 0 Å². The lowest BCUT2D eigenvalue weighted by Gasteiger charge is -2.16. The predicted molar refractivity (Wildman–Crippen MR) is 217 cm³/mol. The lowest BCUT2D eigenvalue weighted by Crippen LogP contribution is -2.04. The molecule has 0 fully saturated rings. The lowest BCUT2D eigenvalue weighted by atomic mass is 9.93. The van der Waals surface area contributed by atoms with Crippen molar-refractivity contribution >= 4 is 55.2 Å². The first kappa shape index (κ1) is 29.3. The lowest BCUT2D eigenvalue weighted by molar-refractivity contribution is 1.01. The highest BCUT2D eigenvalue weighted by atomic mass is 32.2. The van der Waals surface area contributed by atoms with Crippen molar-refractivity contribution in [2.75, 3.05) is 0 Å². The SMILES string of the molecule is c1ccc2c(c1)Sc1ccc3c4ccccc4n(-c4nc(-c5ccc(-c6cccc7ccccc67)cc5)c5ccccc5n4)c3c1-c1ccccc1-2. The molecule has 0 atom stereocenters. The minimum Gasteiger partial charge on any atom is -0.277 e. The summed E-state index contributed by atoms with van der Waals surface area (Å²) < 4.78 is 2.30. The van der Waals surface area contributed by atoms with Gasteiger partial charge in [0.05, 0.1) is 22.2 Å². The molecule has 0 amide bonds. The summed E-state index contributed by atoms with van der Waals surface area (Å²) in [7, 11) is 0. The Morgan fingerprint density at radius 2 is 1.06 bits per heavy atom. The van der Waals surface area contributed by atoms with Crippen molar-refractivity contribution in [1.29, 1.82) is 0 Å². The largest absolute Gasteiger partial charge is 0.277 e. The van der Waals surface area contributed by atoms with Crippen LogP contribution in [0, 0.1) is 0 Å². The Bertz CT molecular complexity index is 3040. The maximum Gasteiger partial charge on any atom is 0.235 e. The van der Waals surface area contributed by atoms with Crippen LogP contribution in [0.2, 0.25) is 0 Å². The Morgan fingerprint density at radius 1 is 0.404 bits per heavy atom. The van der Waals surface area contributed by atoms with E-state index in [-0.39, 0.29) is 0 Å². The number of fused-ring (bicyclic) bond motifs is 11. The van der Waals surface area contributed by atoms with Crippen LogP contribution in [0.15, 0.2) is 186 Å². The van der Waals surface area contributed by atoms with Gasteiger partial charge in [-0.2, -0.15) is 0 Å². The van der Waals surface area contributed by atoms with Gasteiger partial charge in [0.25, 0.3) is 0 Å². The van der Waals surface area contributed by atoms with E-state index in [1.54, 1.807) is 0 Å². The van der Waals surface area contributed by atoms with E-state index >= 15 is 0 Å². The minimum atomic E-state index is 0.663. The average Bonchev–Trinajstić information content (AvgIpc) is 3.47. The number of rotatable bonds is 3. The predicted octanol–water partition coefficient (Wildman–Crippen LogP) is 13.0.